The number of amides is 2. The van der Waals surface area contributed by atoms with E-state index < -0.39 is 0 Å². The lowest BCUT2D eigenvalue weighted by Crippen LogP contribution is -2.34. The van der Waals surface area contributed by atoms with Crippen LogP contribution in [0.25, 0.3) is 0 Å². The van der Waals surface area contributed by atoms with Crippen molar-refractivity contribution >= 4 is 23.4 Å². The van der Waals surface area contributed by atoms with Crippen LogP contribution in [0.5, 0.6) is 5.75 Å². The lowest BCUT2D eigenvalue weighted by atomic mass is 10.1. The van der Waals surface area contributed by atoms with Gasteiger partial charge in [0, 0.05) is 37.8 Å². The van der Waals surface area contributed by atoms with Crippen LogP contribution in [-0.4, -0.2) is 60.1 Å². The van der Waals surface area contributed by atoms with Gasteiger partial charge in [-0.2, -0.15) is 0 Å². The molecule has 0 radical (unpaired) electrons. The molecule has 7 nitrogen and oxygen atoms in total. The summed E-state index contributed by atoms with van der Waals surface area (Å²) in [5.74, 6) is 0.672. The lowest BCUT2D eigenvalue weighted by Gasteiger charge is -2.22. The molecule has 1 aromatic heterocycles. The Bertz CT molecular complexity index is 896. The number of nitrogens with zero attached hydrogens (tertiary/aromatic N) is 3. The molecule has 8 heteroatoms. The third kappa shape index (κ3) is 5.33. The Hall–Kier alpha value is -2.54. The molecule has 0 saturated heterocycles. The molecule has 3 rings (SSSR count). The monoisotopic (exact) mass is 433 g/mol. The van der Waals surface area contributed by atoms with Crippen LogP contribution in [0.4, 0.5) is 0 Å². The number of aromatic nitrogens is 1. The molecule has 1 aliphatic heterocycles. The third-order valence-electron chi connectivity index (χ3n) is 5.14. The number of rotatable bonds is 2. The molecule has 0 fully saturated rings. The summed E-state index contributed by atoms with van der Waals surface area (Å²) in [6.07, 6.45) is 2.18. The first-order chi connectivity index (χ1) is 14.4. The number of ether oxygens (including phenoxy) is 1. The van der Waals surface area contributed by atoms with Gasteiger partial charge in [-0.1, -0.05) is 30.6 Å². The molecule has 2 aromatic rings. The van der Waals surface area contributed by atoms with Crippen molar-refractivity contribution in [3.63, 3.8) is 0 Å². The van der Waals surface area contributed by atoms with E-state index in [2.05, 4.69) is 5.16 Å². The van der Waals surface area contributed by atoms with E-state index in [1.807, 2.05) is 13.8 Å². The molecule has 0 N–H and O–H groups in total. The second-order valence-corrected chi connectivity index (χ2v) is 8.28. The quantitative estimate of drug-likeness (QED) is 0.708. The highest BCUT2D eigenvalue weighted by Gasteiger charge is 2.22. The zero-order chi connectivity index (χ0) is 21.7. The topological polar surface area (TPSA) is 75.9 Å². The van der Waals surface area contributed by atoms with Crippen LogP contribution in [0.15, 0.2) is 28.8 Å². The van der Waals surface area contributed by atoms with E-state index in [0.29, 0.717) is 49.0 Å². The Kier molecular flexibility index (Phi) is 7.37. The van der Waals surface area contributed by atoms with E-state index in [4.69, 9.17) is 20.9 Å². The highest BCUT2D eigenvalue weighted by molar-refractivity contribution is 6.31. The molecular formula is C22H28ClN3O4. The summed E-state index contributed by atoms with van der Waals surface area (Å²) in [6.45, 7) is 6.08. The fourth-order valence-corrected chi connectivity index (χ4v) is 3.50. The molecule has 2 amide bonds. The molecule has 0 aliphatic carbocycles. The second kappa shape index (κ2) is 9.98. The van der Waals surface area contributed by atoms with Gasteiger partial charge in [0.15, 0.2) is 0 Å². The third-order valence-corrected chi connectivity index (χ3v) is 5.37. The fourth-order valence-electron chi connectivity index (χ4n) is 3.32. The van der Waals surface area contributed by atoms with Gasteiger partial charge in [0.25, 0.3) is 11.8 Å². The number of hydrogen-bond acceptors (Lipinski definition) is 5. The Morgan fingerprint density at radius 2 is 1.87 bits per heavy atom. The first-order valence-electron chi connectivity index (χ1n) is 10.3. The summed E-state index contributed by atoms with van der Waals surface area (Å²) in [4.78, 5) is 29.2. The van der Waals surface area contributed by atoms with Crippen LogP contribution < -0.4 is 4.74 Å². The van der Waals surface area contributed by atoms with Gasteiger partial charge < -0.3 is 19.1 Å². The second-order valence-electron chi connectivity index (χ2n) is 7.84. The minimum atomic E-state index is -0.166. The molecule has 0 bridgehead atoms. The van der Waals surface area contributed by atoms with Gasteiger partial charge in [-0.15, -0.1) is 0 Å². The maximum atomic E-state index is 12.9. The Morgan fingerprint density at radius 3 is 2.60 bits per heavy atom. The summed E-state index contributed by atoms with van der Waals surface area (Å²) in [5, 5.41) is 4.49. The van der Waals surface area contributed by atoms with E-state index in [1.165, 1.54) is 0 Å². The minimum absolute atomic E-state index is 0.123. The van der Waals surface area contributed by atoms with Crippen LogP contribution in [0.3, 0.4) is 0 Å². The van der Waals surface area contributed by atoms with E-state index >= 15 is 0 Å². The Morgan fingerprint density at radius 1 is 1.13 bits per heavy atom. The summed E-state index contributed by atoms with van der Waals surface area (Å²) in [6, 6.07) is 6.78. The van der Waals surface area contributed by atoms with Crippen LogP contribution >= 0.6 is 11.6 Å². The van der Waals surface area contributed by atoms with Gasteiger partial charge in [-0.25, -0.2) is 0 Å². The zero-order valence-electron chi connectivity index (χ0n) is 17.7. The molecule has 0 unspecified atom stereocenters. The van der Waals surface area contributed by atoms with Gasteiger partial charge >= 0.3 is 0 Å². The predicted molar refractivity (Wildman–Crippen MR) is 114 cm³/mol. The van der Waals surface area contributed by atoms with Gasteiger partial charge in [0.2, 0.25) is 5.76 Å². The summed E-state index contributed by atoms with van der Waals surface area (Å²) in [7, 11) is 1.76. The van der Waals surface area contributed by atoms with Crippen LogP contribution in [0, 0.1) is 0 Å². The molecule has 30 heavy (non-hydrogen) atoms. The fraction of sp³-hybridized carbons (Fsp3) is 0.500. The van der Waals surface area contributed by atoms with E-state index in [9.17, 15) is 9.59 Å². The van der Waals surface area contributed by atoms with Gasteiger partial charge in [0.05, 0.1) is 17.9 Å². The largest absolute Gasteiger partial charge is 0.493 e. The van der Waals surface area contributed by atoms with E-state index in [0.717, 1.165) is 18.5 Å². The molecule has 0 atom stereocenters. The maximum Gasteiger partial charge on any atom is 0.292 e. The molecule has 1 aromatic carbocycles. The Balaban J connectivity index is 1.74. The summed E-state index contributed by atoms with van der Waals surface area (Å²) >= 11 is 6.09. The van der Waals surface area contributed by atoms with Crippen LogP contribution in [-0.2, 0) is 0 Å². The molecule has 0 saturated carbocycles. The lowest BCUT2D eigenvalue weighted by molar-refractivity contribution is 0.0697. The number of halogens is 1. The van der Waals surface area contributed by atoms with Crippen molar-refractivity contribution in [2.45, 2.75) is 39.0 Å². The number of hydrogen-bond donors (Lipinski definition) is 0. The number of carbonyl (C=O) groups excluding carboxylic acids is 2. The van der Waals surface area contributed by atoms with Crippen LogP contribution in [0.2, 0.25) is 5.02 Å². The van der Waals surface area contributed by atoms with Crippen molar-refractivity contribution in [2.24, 2.45) is 0 Å². The standard InChI is InChI=1S/C22H28ClN3O4/c1-15(2)18-14-20(30-24-18)22(28)26-10-5-4-9-25(3)21(27)17-13-16(23)7-8-19(17)29-12-6-11-26/h7-8,13-15H,4-6,9-12H2,1-3H3. The summed E-state index contributed by atoms with van der Waals surface area (Å²) in [5.41, 5.74) is 1.22. The van der Waals surface area contributed by atoms with Crippen molar-refractivity contribution in [3.8, 4) is 5.75 Å². The van der Waals surface area contributed by atoms with E-state index in [-0.39, 0.29) is 23.5 Å². The molecular weight excluding hydrogens is 406 g/mol. The number of carbonyl (C=O) groups is 2. The van der Waals surface area contributed by atoms with Crippen molar-refractivity contribution in [3.05, 3.63) is 46.3 Å². The minimum Gasteiger partial charge on any atom is -0.493 e. The van der Waals surface area contributed by atoms with Gasteiger partial charge in [-0.3, -0.25) is 9.59 Å². The predicted octanol–water partition coefficient (Wildman–Crippen LogP) is 4.23. The number of benzene rings is 1. The highest BCUT2D eigenvalue weighted by Crippen LogP contribution is 2.25. The van der Waals surface area contributed by atoms with Crippen LogP contribution in [0.1, 0.15) is 65.6 Å². The zero-order valence-corrected chi connectivity index (χ0v) is 18.4. The molecule has 2 heterocycles. The van der Waals surface area contributed by atoms with Crippen molar-refractivity contribution in [2.75, 3.05) is 33.3 Å². The first-order valence-corrected chi connectivity index (χ1v) is 10.7. The molecule has 0 spiro atoms. The first kappa shape index (κ1) is 22.2. The average molecular weight is 434 g/mol. The van der Waals surface area contributed by atoms with Crippen molar-refractivity contribution < 1.29 is 18.8 Å². The molecule has 1 aliphatic rings. The average Bonchev–Trinajstić information content (AvgIpc) is 3.22. The SMILES string of the molecule is CC(C)c1cc(C(=O)N2CCCCN(C)C(=O)c3cc(Cl)ccc3OCCC2)on1. The van der Waals surface area contributed by atoms with Crippen molar-refractivity contribution in [1.29, 1.82) is 0 Å². The Labute approximate surface area is 181 Å². The highest BCUT2D eigenvalue weighted by atomic mass is 35.5. The van der Waals surface area contributed by atoms with Gasteiger partial charge in [-0.05, 0) is 43.4 Å². The maximum absolute atomic E-state index is 12.9. The van der Waals surface area contributed by atoms with Gasteiger partial charge in [0.1, 0.15) is 5.75 Å². The number of fused-ring (bicyclic) bond motifs is 1. The van der Waals surface area contributed by atoms with Crippen molar-refractivity contribution in [1.82, 2.24) is 15.0 Å². The summed E-state index contributed by atoms with van der Waals surface area (Å²) < 4.78 is 11.1. The van der Waals surface area contributed by atoms with E-state index in [1.54, 1.807) is 41.1 Å². The normalized spacial score (nSPS) is 16.4. The molecule has 162 valence electrons. The smallest absolute Gasteiger partial charge is 0.292 e.